The summed E-state index contributed by atoms with van der Waals surface area (Å²) in [6.07, 6.45) is 11.3. The van der Waals surface area contributed by atoms with Crippen molar-refractivity contribution < 1.29 is 5.11 Å². The molecule has 0 heterocycles. The molecule has 2 aliphatic rings. The lowest BCUT2D eigenvalue weighted by Gasteiger charge is -2.48. The minimum atomic E-state index is -0.325. The number of hydrogen-bond donors (Lipinski definition) is 1. The molecule has 4 unspecified atom stereocenters. The molecule has 0 radical (unpaired) electrons. The monoisotopic (exact) mass is 252 g/mol. The summed E-state index contributed by atoms with van der Waals surface area (Å²) in [6, 6.07) is 0. The van der Waals surface area contributed by atoms with Gasteiger partial charge in [0.05, 0.1) is 5.60 Å². The summed E-state index contributed by atoms with van der Waals surface area (Å²) >= 11 is 0. The zero-order chi connectivity index (χ0) is 13.2. The van der Waals surface area contributed by atoms with Crippen LogP contribution in [0.2, 0.25) is 0 Å². The van der Waals surface area contributed by atoms with Gasteiger partial charge in [-0.15, -0.1) is 0 Å². The second kappa shape index (κ2) is 5.94. The molecule has 0 saturated heterocycles. The van der Waals surface area contributed by atoms with Gasteiger partial charge in [0.25, 0.3) is 0 Å². The zero-order valence-electron chi connectivity index (χ0n) is 12.6. The van der Waals surface area contributed by atoms with Crippen LogP contribution in [0.5, 0.6) is 0 Å². The second-order valence-corrected chi connectivity index (χ2v) is 7.26. The summed E-state index contributed by atoms with van der Waals surface area (Å²) in [4.78, 5) is 0. The summed E-state index contributed by atoms with van der Waals surface area (Å²) < 4.78 is 0. The first-order valence-electron chi connectivity index (χ1n) is 8.29. The van der Waals surface area contributed by atoms with Crippen molar-refractivity contribution in [2.24, 2.45) is 23.7 Å². The van der Waals surface area contributed by atoms with E-state index in [0.29, 0.717) is 5.92 Å². The predicted molar refractivity (Wildman–Crippen MR) is 77.5 cm³/mol. The maximum absolute atomic E-state index is 11.2. The van der Waals surface area contributed by atoms with Crippen molar-refractivity contribution in [3.63, 3.8) is 0 Å². The van der Waals surface area contributed by atoms with E-state index in [-0.39, 0.29) is 5.60 Å². The van der Waals surface area contributed by atoms with E-state index in [9.17, 15) is 5.11 Å². The molecule has 2 rings (SSSR count). The van der Waals surface area contributed by atoms with Crippen molar-refractivity contribution in [1.82, 2.24) is 0 Å². The SMILES string of the molecule is CCC1CCCCC1C1(O)CCCC(C(C)C)C1. The third-order valence-electron chi connectivity index (χ3n) is 5.87. The molecular weight excluding hydrogens is 220 g/mol. The normalized spacial score (nSPS) is 42.2. The average Bonchev–Trinajstić information content (AvgIpc) is 2.38. The first-order chi connectivity index (χ1) is 8.57. The lowest BCUT2D eigenvalue weighted by Crippen LogP contribution is -2.47. The highest BCUT2D eigenvalue weighted by Crippen LogP contribution is 2.48. The molecule has 4 atom stereocenters. The van der Waals surface area contributed by atoms with Gasteiger partial charge < -0.3 is 5.11 Å². The Balaban J connectivity index is 2.08. The van der Waals surface area contributed by atoms with Gasteiger partial charge in [0.1, 0.15) is 0 Å². The number of aliphatic hydroxyl groups is 1. The van der Waals surface area contributed by atoms with Gasteiger partial charge in [0.2, 0.25) is 0 Å². The van der Waals surface area contributed by atoms with Gasteiger partial charge in [0, 0.05) is 0 Å². The van der Waals surface area contributed by atoms with Crippen LogP contribution in [-0.2, 0) is 0 Å². The zero-order valence-corrected chi connectivity index (χ0v) is 12.6. The minimum Gasteiger partial charge on any atom is -0.390 e. The Kier molecular flexibility index (Phi) is 4.75. The summed E-state index contributed by atoms with van der Waals surface area (Å²) in [6.45, 7) is 6.97. The molecule has 106 valence electrons. The van der Waals surface area contributed by atoms with Crippen LogP contribution in [0.4, 0.5) is 0 Å². The van der Waals surface area contributed by atoms with Crippen molar-refractivity contribution in [3.05, 3.63) is 0 Å². The van der Waals surface area contributed by atoms with Crippen molar-refractivity contribution in [3.8, 4) is 0 Å². The summed E-state index contributed by atoms with van der Waals surface area (Å²) in [5.41, 5.74) is -0.325. The van der Waals surface area contributed by atoms with Gasteiger partial charge in [-0.2, -0.15) is 0 Å². The van der Waals surface area contributed by atoms with Gasteiger partial charge >= 0.3 is 0 Å². The lowest BCUT2D eigenvalue weighted by molar-refractivity contribution is -0.101. The van der Waals surface area contributed by atoms with Crippen LogP contribution in [0, 0.1) is 23.7 Å². The number of rotatable bonds is 3. The molecule has 0 bridgehead atoms. The first-order valence-corrected chi connectivity index (χ1v) is 8.29. The van der Waals surface area contributed by atoms with Crippen molar-refractivity contribution in [1.29, 1.82) is 0 Å². The van der Waals surface area contributed by atoms with E-state index in [1.54, 1.807) is 0 Å². The highest BCUT2D eigenvalue weighted by molar-refractivity contribution is 4.96. The molecule has 18 heavy (non-hydrogen) atoms. The van der Waals surface area contributed by atoms with E-state index >= 15 is 0 Å². The van der Waals surface area contributed by atoms with Crippen LogP contribution in [-0.4, -0.2) is 10.7 Å². The van der Waals surface area contributed by atoms with Crippen LogP contribution >= 0.6 is 0 Å². The standard InChI is InChI=1S/C17H32O/c1-4-14-8-5-6-10-16(14)17(18)11-7-9-15(12-17)13(2)3/h13-16,18H,4-12H2,1-3H3. The third-order valence-corrected chi connectivity index (χ3v) is 5.87. The van der Waals surface area contributed by atoms with E-state index in [2.05, 4.69) is 20.8 Å². The average molecular weight is 252 g/mol. The van der Waals surface area contributed by atoms with Crippen molar-refractivity contribution >= 4 is 0 Å². The maximum Gasteiger partial charge on any atom is 0.0681 e. The second-order valence-electron chi connectivity index (χ2n) is 7.26. The Morgan fingerprint density at radius 1 is 1.11 bits per heavy atom. The van der Waals surface area contributed by atoms with E-state index in [1.165, 1.54) is 44.9 Å². The van der Waals surface area contributed by atoms with Crippen LogP contribution in [0.1, 0.15) is 78.6 Å². The largest absolute Gasteiger partial charge is 0.390 e. The molecule has 1 nitrogen and oxygen atoms in total. The van der Waals surface area contributed by atoms with Gasteiger partial charge in [-0.3, -0.25) is 0 Å². The highest BCUT2D eigenvalue weighted by atomic mass is 16.3. The minimum absolute atomic E-state index is 0.325. The first kappa shape index (κ1) is 14.4. The van der Waals surface area contributed by atoms with Gasteiger partial charge in [-0.05, 0) is 49.4 Å². The molecule has 2 saturated carbocycles. The van der Waals surface area contributed by atoms with Crippen molar-refractivity contribution in [2.75, 3.05) is 0 Å². The fourth-order valence-electron chi connectivity index (χ4n) is 4.64. The number of hydrogen-bond acceptors (Lipinski definition) is 1. The summed E-state index contributed by atoms with van der Waals surface area (Å²) in [7, 11) is 0. The Bertz CT molecular complexity index is 260. The third kappa shape index (κ3) is 2.92. The Hall–Kier alpha value is -0.0400. The maximum atomic E-state index is 11.2. The summed E-state index contributed by atoms with van der Waals surface area (Å²) in [5, 5.41) is 11.2. The Labute approximate surface area is 113 Å². The lowest BCUT2D eigenvalue weighted by atomic mass is 9.61. The van der Waals surface area contributed by atoms with E-state index in [1.807, 2.05) is 0 Å². The highest BCUT2D eigenvalue weighted by Gasteiger charge is 2.44. The molecule has 1 heteroatoms. The van der Waals surface area contributed by atoms with E-state index in [0.717, 1.165) is 30.6 Å². The Morgan fingerprint density at radius 2 is 1.83 bits per heavy atom. The smallest absolute Gasteiger partial charge is 0.0681 e. The van der Waals surface area contributed by atoms with Crippen LogP contribution in [0.15, 0.2) is 0 Å². The molecule has 2 aliphatic carbocycles. The van der Waals surface area contributed by atoms with Crippen LogP contribution in [0.25, 0.3) is 0 Å². The molecule has 0 spiro atoms. The molecule has 0 aromatic heterocycles. The molecule has 1 N–H and O–H groups in total. The van der Waals surface area contributed by atoms with Gasteiger partial charge in [-0.1, -0.05) is 52.9 Å². The van der Waals surface area contributed by atoms with Crippen LogP contribution in [0.3, 0.4) is 0 Å². The quantitative estimate of drug-likeness (QED) is 0.766. The van der Waals surface area contributed by atoms with Gasteiger partial charge in [0.15, 0.2) is 0 Å². The molecule has 0 aromatic carbocycles. The van der Waals surface area contributed by atoms with E-state index in [4.69, 9.17) is 0 Å². The van der Waals surface area contributed by atoms with E-state index < -0.39 is 0 Å². The molecule has 0 aromatic rings. The molecular formula is C17H32O. The summed E-state index contributed by atoms with van der Waals surface area (Å²) in [5.74, 6) is 2.87. The molecule has 2 fully saturated rings. The predicted octanol–water partition coefficient (Wildman–Crippen LogP) is 4.78. The fourth-order valence-corrected chi connectivity index (χ4v) is 4.64. The van der Waals surface area contributed by atoms with Gasteiger partial charge in [-0.25, -0.2) is 0 Å². The topological polar surface area (TPSA) is 20.2 Å². The van der Waals surface area contributed by atoms with Crippen LogP contribution < -0.4 is 0 Å². The Morgan fingerprint density at radius 3 is 2.50 bits per heavy atom. The molecule has 0 amide bonds. The fraction of sp³-hybridized carbons (Fsp3) is 1.00. The molecule has 0 aliphatic heterocycles. The van der Waals surface area contributed by atoms with Crippen molar-refractivity contribution in [2.45, 2.75) is 84.2 Å².